The fourth-order valence-corrected chi connectivity index (χ4v) is 2.78. The molecule has 0 aromatic heterocycles. The van der Waals surface area contributed by atoms with Crippen LogP contribution in [-0.2, 0) is 0 Å². The summed E-state index contributed by atoms with van der Waals surface area (Å²) in [7, 11) is 0. The van der Waals surface area contributed by atoms with E-state index >= 15 is 0 Å². The summed E-state index contributed by atoms with van der Waals surface area (Å²) in [5.74, 6) is 1.00. The van der Waals surface area contributed by atoms with Crippen molar-refractivity contribution in [3.05, 3.63) is 58.7 Å². The highest BCUT2D eigenvalue weighted by molar-refractivity contribution is 5.82. The molecule has 0 saturated carbocycles. The third-order valence-corrected chi connectivity index (χ3v) is 3.83. The highest BCUT2D eigenvalue weighted by Gasteiger charge is 2.28. The summed E-state index contributed by atoms with van der Waals surface area (Å²) in [6, 6.07) is 12.8. The molecule has 1 unspecified atom stereocenters. The monoisotopic (exact) mass is 266 g/mol. The lowest BCUT2D eigenvalue weighted by Crippen LogP contribution is -2.31. The summed E-state index contributed by atoms with van der Waals surface area (Å²) < 4.78 is 8.31. The Hall–Kier alpha value is -2.09. The molecule has 0 bridgehead atoms. The maximum atomic E-state index is 6.11. The van der Waals surface area contributed by atoms with Crippen molar-refractivity contribution >= 4 is 11.9 Å². The molecule has 1 heterocycles. The van der Waals surface area contributed by atoms with E-state index in [1.54, 1.807) is 0 Å². The Morgan fingerprint density at radius 1 is 1.00 bits per heavy atom. The van der Waals surface area contributed by atoms with Crippen LogP contribution in [-0.4, -0.2) is 17.0 Å². The van der Waals surface area contributed by atoms with E-state index in [0.717, 1.165) is 11.3 Å². The van der Waals surface area contributed by atoms with Crippen LogP contribution < -0.4 is 4.74 Å². The van der Waals surface area contributed by atoms with Crippen molar-refractivity contribution < 1.29 is 9.31 Å². The summed E-state index contributed by atoms with van der Waals surface area (Å²) in [6.07, 6.45) is 2.19. The zero-order chi connectivity index (χ0) is 14.3. The van der Waals surface area contributed by atoms with Gasteiger partial charge in [-0.2, -0.15) is 4.58 Å². The number of hydrogen-bond donors (Lipinski definition) is 0. The summed E-state index contributed by atoms with van der Waals surface area (Å²) in [5.41, 5.74) is 6.09. The molecule has 1 aliphatic heterocycles. The molecule has 102 valence electrons. The molecule has 0 N–H and O–H groups in total. The molecular weight excluding hydrogens is 246 g/mol. The van der Waals surface area contributed by atoms with E-state index in [1.807, 2.05) is 0 Å². The lowest BCUT2D eigenvalue weighted by molar-refractivity contribution is -0.522. The fourth-order valence-electron chi connectivity index (χ4n) is 2.78. The molecular formula is C18H20NO+. The number of nitrogens with zero attached hydrogens (tertiary/aromatic N) is 1. The predicted molar refractivity (Wildman–Crippen MR) is 82.3 cm³/mol. The minimum Gasteiger partial charge on any atom is -0.433 e. The van der Waals surface area contributed by atoms with Gasteiger partial charge in [-0.3, -0.25) is 0 Å². The Morgan fingerprint density at radius 3 is 2.55 bits per heavy atom. The normalized spacial score (nSPS) is 17.2. The highest BCUT2D eigenvalue weighted by atomic mass is 16.5. The lowest BCUT2D eigenvalue weighted by atomic mass is 10.1. The van der Waals surface area contributed by atoms with Crippen molar-refractivity contribution in [3.8, 4) is 5.75 Å². The van der Waals surface area contributed by atoms with Crippen molar-refractivity contribution in [3.63, 3.8) is 0 Å². The second-order valence-corrected chi connectivity index (χ2v) is 5.54. The fraction of sp³-hybridized carbons (Fsp3) is 0.278. The summed E-state index contributed by atoms with van der Waals surface area (Å²) in [4.78, 5) is 0. The van der Waals surface area contributed by atoms with Crippen LogP contribution in [0.3, 0.4) is 0 Å². The summed E-state index contributed by atoms with van der Waals surface area (Å²) in [5, 5.41) is 0. The first-order valence-electron chi connectivity index (χ1n) is 7.03. The van der Waals surface area contributed by atoms with Crippen LogP contribution in [0.4, 0.5) is 5.69 Å². The van der Waals surface area contributed by atoms with E-state index in [9.17, 15) is 0 Å². The van der Waals surface area contributed by atoms with Crippen LogP contribution in [0.2, 0.25) is 0 Å². The van der Waals surface area contributed by atoms with E-state index in [4.69, 9.17) is 4.74 Å². The molecule has 1 atom stereocenters. The maximum Gasteiger partial charge on any atom is 0.299 e. The van der Waals surface area contributed by atoms with Crippen LogP contribution in [0, 0.1) is 20.8 Å². The minimum atomic E-state index is 0.00464. The second-order valence-electron chi connectivity index (χ2n) is 5.54. The molecule has 2 aromatic carbocycles. The van der Waals surface area contributed by atoms with E-state index in [1.165, 1.54) is 22.4 Å². The molecule has 0 radical (unpaired) electrons. The number of hydrogen-bond acceptors (Lipinski definition) is 1. The molecule has 3 rings (SSSR count). The van der Waals surface area contributed by atoms with Gasteiger partial charge in [0.15, 0.2) is 6.21 Å². The number of benzene rings is 2. The quantitative estimate of drug-likeness (QED) is 0.707. The molecule has 0 aliphatic carbocycles. The maximum absolute atomic E-state index is 6.11. The van der Waals surface area contributed by atoms with Gasteiger partial charge in [-0.15, -0.1) is 0 Å². The van der Waals surface area contributed by atoms with Gasteiger partial charge < -0.3 is 4.74 Å². The van der Waals surface area contributed by atoms with E-state index in [2.05, 4.69) is 74.9 Å². The van der Waals surface area contributed by atoms with Crippen LogP contribution in [0.25, 0.3) is 0 Å². The first-order valence-corrected chi connectivity index (χ1v) is 7.03. The Bertz CT molecular complexity index is 701. The van der Waals surface area contributed by atoms with Gasteiger partial charge in [0.25, 0.3) is 6.23 Å². The van der Waals surface area contributed by atoms with Gasteiger partial charge >= 0.3 is 0 Å². The van der Waals surface area contributed by atoms with Gasteiger partial charge in [-0.1, -0.05) is 23.8 Å². The van der Waals surface area contributed by atoms with Gasteiger partial charge in [-0.25, -0.2) is 0 Å². The number of para-hydroxylation sites is 1. The van der Waals surface area contributed by atoms with Crippen LogP contribution in [0.1, 0.15) is 29.2 Å². The topological polar surface area (TPSA) is 12.2 Å². The average Bonchev–Trinajstić information content (AvgIpc) is 2.40. The van der Waals surface area contributed by atoms with Crippen LogP contribution in [0.15, 0.2) is 36.4 Å². The molecule has 2 heteroatoms. The summed E-state index contributed by atoms with van der Waals surface area (Å²) in [6.45, 7) is 8.45. The Kier molecular flexibility index (Phi) is 3.09. The molecule has 2 nitrogen and oxygen atoms in total. The predicted octanol–water partition coefficient (Wildman–Crippen LogP) is 4.11. The molecule has 2 aromatic rings. The van der Waals surface area contributed by atoms with Gasteiger partial charge in [0, 0.05) is 18.6 Å². The molecule has 1 aliphatic rings. The first-order chi connectivity index (χ1) is 9.56. The van der Waals surface area contributed by atoms with Crippen molar-refractivity contribution in [2.24, 2.45) is 0 Å². The minimum absolute atomic E-state index is 0.00464. The zero-order valence-electron chi connectivity index (χ0n) is 12.5. The molecule has 20 heavy (non-hydrogen) atoms. The molecule has 0 spiro atoms. The Balaban J connectivity index is 2.14. The van der Waals surface area contributed by atoms with Crippen molar-refractivity contribution in [1.82, 2.24) is 0 Å². The molecule has 0 saturated heterocycles. The second kappa shape index (κ2) is 4.78. The van der Waals surface area contributed by atoms with Gasteiger partial charge in [-0.05, 0) is 38.5 Å². The first kappa shape index (κ1) is 12.9. The van der Waals surface area contributed by atoms with E-state index in [0.29, 0.717) is 0 Å². The lowest BCUT2D eigenvalue weighted by Gasteiger charge is -2.21. The molecule has 0 fully saturated rings. The molecule has 0 amide bonds. The number of ether oxygens (including phenoxy) is 1. The van der Waals surface area contributed by atoms with E-state index in [-0.39, 0.29) is 6.23 Å². The van der Waals surface area contributed by atoms with Crippen molar-refractivity contribution in [2.45, 2.75) is 33.9 Å². The number of rotatable bonds is 1. The SMILES string of the molecule is Cc1ccc([N+]2=Cc3cccc(C)c3OC2C)c(C)c1. The van der Waals surface area contributed by atoms with E-state index < -0.39 is 0 Å². The van der Waals surface area contributed by atoms with Crippen LogP contribution >= 0.6 is 0 Å². The Labute approximate surface area is 120 Å². The smallest absolute Gasteiger partial charge is 0.299 e. The number of aryl methyl sites for hydroxylation is 3. The Morgan fingerprint density at radius 2 is 1.80 bits per heavy atom. The van der Waals surface area contributed by atoms with Gasteiger partial charge in [0.05, 0.1) is 5.56 Å². The standard InChI is InChI=1S/C18H20NO/c1-12-8-9-17(14(3)10-12)19-11-16-7-5-6-13(2)18(16)20-15(19)4/h5-11,15H,1-4H3/q+1. The van der Waals surface area contributed by atoms with Gasteiger partial charge in [0.1, 0.15) is 5.75 Å². The average molecular weight is 266 g/mol. The summed E-state index contributed by atoms with van der Waals surface area (Å²) >= 11 is 0. The highest BCUT2D eigenvalue weighted by Crippen LogP contribution is 2.30. The largest absolute Gasteiger partial charge is 0.433 e. The zero-order valence-corrected chi connectivity index (χ0v) is 12.5. The van der Waals surface area contributed by atoms with Crippen LogP contribution in [0.5, 0.6) is 5.75 Å². The van der Waals surface area contributed by atoms with Crippen molar-refractivity contribution in [1.29, 1.82) is 0 Å². The number of fused-ring (bicyclic) bond motifs is 1. The third kappa shape index (κ3) is 2.11. The third-order valence-electron chi connectivity index (χ3n) is 3.83. The van der Waals surface area contributed by atoms with Gasteiger partial charge in [0.2, 0.25) is 5.69 Å². The van der Waals surface area contributed by atoms with Crippen molar-refractivity contribution in [2.75, 3.05) is 0 Å².